The molecule has 1 atom stereocenters. The summed E-state index contributed by atoms with van der Waals surface area (Å²) in [6.07, 6.45) is 8.80. The summed E-state index contributed by atoms with van der Waals surface area (Å²) < 4.78 is 1.71. The number of thioether (sulfide) groups is 1. The monoisotopic (exact) mass is 315 g/mol. The molecule has 1 aromatic heterocycles. The highest BCUT2D eigenvalue weighted by Gasteiger charge is 2.08. The zero-order valence-corrected chi connectivity index (χ0v) is 12.1. The molecule has 1 N–H and O–H groups in total. The Morgan fingerprint density at radius 1 is 1.76 bits per heavy atom. The maximum Gasteiger partial charge on any atom is 0.284 e. The third kappa shape index (κ3) is 3.79. The van der Waals surface area contributed by atoms with E-state index in [4.69, 9.17) is 6.42 Å². The van der Waals surface area contributed by atoms with E-state index in [9.17, 15) is 4.79 Å². The van der Waals surface area contributed by atoms with Crippen LogP contribution in [0.25, 0.3) is 0 Å². The van der Waals surface area contributed by atoms with Crippen LogP contribution in [0.4, 0.5) is 5.69 Å². The summed E-state index contributed by atoms with van der Waals surface area (Å²) in [5.41, 5.74) is 0.480. The van der Waals surface area contributed by atoms with Crippen molar-refractivity contribution in [1.29, 1.82) is 0 Å². The van der Waals surface area contributed by atoms with E-state index >= 15 is 0 Å². The summed E-state index contributed by atoms with van der Waals surface area (Å²) >= 11 is 5.02. The van der Waals surface area contributed by atoms with Gasteiger partial charge in [-0.1, -0.05) is 12.8 Å². The van der Waals surface area contributed by atoms with E-state index in [0.29, 0.717) is 15.4 Å². The number of halogens is 1. The number of terminal acetylenes is 1. The van der Waals surface area contributed by atoms with Gasteiger partial charge in [0.05, 0.1) is 11.9 Å². The Hall–Kier alpha value is -0.930. The fourth-order valence-electron chi connectivity index (χ4n) is 1.12. The molecule has 0 saturated carbocycles. The summed E-state index contributed by atoms with van der Waals surface area (Å²) in [6, 6.07) is 0. The highest BCUT2D eigenvalue weighted by Crippen LogP contribution is 2.17. The molecule has 6 heteroatoms. The van der Waals surface area contributed by atoms with Crippen LogP contribution in [0.15, 0.2) is 15.5 Å². The molecule has 0 amide bonds. The van der Waals surface area contributed by atoms with Crippen LogP contribution in [-0.2, 0) is 6.54 Å². The molecule has 0 aromatic carbocycles. The molecule has 0 aliphatic heterocycles. The summed E-state index contributed by atoms with van der Waals surface area (Å²) in [6.45, 7) is 3.07. The first-order valence-electron chi connectivity index (χ1n) is 5.06. The maximum atomic E-state index is 11.8. The van der Waals surface area contributed by atoms with Gasteiger partial charge in [0.1, 0.15) is 11.0 Å². The Bertz CT molecular complexity index is 481. The van der Waals surface area contributed by atoms with E-state index in [0.717, 1.165) is 6.54 Å². The van der Waals surface area contributed by atoms with Crippen LogP contribution in [0.3, 0.4) is 0 Å². The number of hydrogen-bond donors (Lipinski definition) is 1. The Kier molecular flexibility index (Phi) is 5.59. The molecule has 17 heavy (non-hydrogen) atoms. The molecule has 0 spiro atoms. The lowest BCUT2D eigenvalue weighted by Gasteiger charge is -2.12. The predicted molar refractivity (Wildman–Crippen MR) is 76.5 cm³/mol. The minimum atomic E-state index is -0.218. The van der Waals surface area contributed by atoms with Gasteiger partial charge in [0.15, 0.2) is 0 Å². The van der Waals surface area contributed by atoms with Gasteiger partial charge in [-0.15, -0.1) is 6.42 Å². The van der Waals surface area contributed by atoms with E-state index in [1.165, 1.54) is 4.68 Å². The molecule has 1 unspecified atom stereocenters. The molecule has 0 aliphatic rings. The standard InChI is InChI=1S/C11H14BrN3OS/c1-4-5-15-11(16)10(12)9(7-14-15)13-6-8(2)17-3/h1,7-8,13H,5-6H2,2-3H3. The van der Waals surface area contributed by atoms with Gasteiger partial charge < -0.3 is 5.32 Å². The predicted octanol–water partition coefficient (Wildman–Crippen LogP) is 1.80. The number of nitrogens with one attached hydrogen (secondary N) is 1. The van der Waals surface area contributed by atoms with Crippen molar-refractivity contribution in [2.24, 2.45) is 0 Å². The van der Waals surface area contributed by atoms with Crippen molar-refractivity contribution in [3.05, 3.63) is 21.0 Å². The van der Waals surface area contributed by atoms with Crippen molar-refractivity contribution in [1.82, 2.24) is 9.78 Å². The molecule has 1 aromatic rings. The van der Waals surface area contributed by atoms with Crippen LogP contribution in [0, 0.1) is 12.3 Å². The molecule has 0 bridgehead atoms. The average Bonchev–Trinajstić information content (AvgIpc) is 2.34. The van der Waals surface area contributed by atoms with Crippen molar-refractivity contribution < 1.29 is 0 Å². The van der Waals surface area contributed by atoms with Gasteiger partial charge in [-0.25, -0.2) is 4.68 Å². The number of hydrogen-bond acceptors (Lipinski definition) is 4. The number of nitrogens with zero attached hydrogens (tertiary/aromatic N) is 2. The summed E-state index contributed by atoms with van der Waals surface area (Å²) in [5.74, 6) is 2.39. The number of aromatic nitrogens is 2. The summed E-state index contributed by atoms with van der Waals surface area (Å²) in [7, 11) is 0. The molecule has 0 saturated heterocycles. The van der Waals surface area contributed by atoms with Gasteiger partial charge in [-0.3, -0.25) is 4.79 Å². The molecule has 4 nitrogen and oxygen atoms in total. The molecular weight excluding hydrogens is 302 g/mol. The quantitative estimate of drug-likeness (QED) is 0.842. The van der Waals surface area contributed by atoms with Crippen molar-refractivity contribution >= 4 is 33.4 Å². The Morgan fingerprint density at radius 2 is 2.47 bits per heavy atom. The molecule has 1 heterocycles. The fraction of sp³-hybridized carbons (Fsp3) is 0.455. The van der Waals surface area contributed by atoms with Crippen LogP contribution in [0.2, 0.25) is 0 Å². The number of anilines is 1. The van der Waals surface area contributed by atoms with Crippen LogP contribution in [-0.4, -0.2) is 27.8 Å². The third-order valence-corrected chi connectivity index (χ3v) is 3.95. The van der Waals surface area contributed by atoms with Crippen LogP contribution >= 0.6 is 27.7 Å². The smallest absolute Gasteiger partial charge is 0.284 e. The molecule has 92 valence electrons. The second-order valence-corrected chi connectivity index (χ2v) is 5.54. The minimum absolute atomic E-state index is 0.179. The molecular formula is C11H14BrN3OS. The zero-order valence-electron chi connectivity index (χ0n) is 9.74. The molecule has 0 radical (unpaired) electrons. The van der Waals surface area contributed by atoms with Gasteiger partial charge in [0.2, 0.25) is 0 Å². The summed E-state index contributed by atoms with van der Waals surface area (Å²) in [5, 5.41) is 7.64. The highest BCUT2D eigenvalue weighted by molar-refractivity contribution is 9.10. The largest absolute Gasteiger partial charge is 0.382 e. The fourth-order valence-corrected chi connectivity index (χ4v) is 1.82. The van der Waals surface area contributed by atoms with Gasteiger partial charge in [0, 0.05) is 11.8 Å². The molecule has 0 aliphatic carbocycles. The SMILES string of the molecule is C#CCn1ncc(NCC(C)SC)c(Br)c1=O. The first kappa shape index (κ1) is 14.1. The van der Waals surface area contributed by atoms with Crippen LogP contribution in [0.5, 0.6) is 0 Å². The van der Waals surface area contributed by atoms with Gasteiger partial charge in [0.25, 0.3) is 5.56 Å². The van der Waals surface area contributed by atoms with E-state index in [1.54, 1.807) is 18.0 Å². The lowest BCUT2D eigenvalue weighted by atomic mass is 10.4. The van der Waals surface area contributed by atoms with Crippen molar-refractivity contribution in [2.45, 2.75) is 18.7 Å². The lowest BCUT2D eigenvalue weighted by Crippen LogP contribution is -2.25. The second-order valence-electron chi connectivity index (χ2n) is 3.47. The van der Waals surface area contributed by atoms with E-state index in [2.05, 4.69) is 39.2 Å². The summed E-state index contributed by atoms with van der Waals surface area (Å²) in [4.78, 5) is 11.8. The molecule has 0 fully saturated rings. The van der Waals surface area contributed by atoms with Crippen LogP contribution < -0.4 is 10.9 Å². The normalized spacial score (nSPS) is 11.9. The van der Waals surface area contributed by atoms with Crippen LogP contribution in [0.1, 0.15) is 6.92 Å². The maximum absolute atomic E-state index is 11.8. The highest BCUT2D eigenvalue weighted by atomic mass is 79.9. The first-order valence-corrected chi connectivity index (χ1v) is 7.14. The Labute approximate surface area is 113 Å². The Balaban J connectivity index is 2.86. The van der Waals surface area contributed by atoms with Crippen molar-refractivity contribution in [3.8, 4) is 12.3 Å². The Morgan fingerprint density at radius 3 is 3.06 bits per heavy atom. The zero-order chi connectivity index (χ0) is 12.8. The lowest BCUT2D eigenvalue weighted by molar-refractivity contribution is 0.659. The van der Waals surface area contributed by atoms with E-state index in [1.807, 2.05) is 6.26 Å². The van der Waals surface area contributed by atoms with E-state index < -0.39 is 0 Å². The molecule has 1 rings (SSSR count). The van der Waals surface area contributed by atoms with Gasteiger partial charge in [-0.2, -0.15) is 16.9 Å². The van der Waals surface area contributed by atoms with Crippen molar-refractivity contribution in [2.75, 3.05) is 18.1 Å². The van der Waals surface area contributed by atoms with Crippen molar-refractivity contribution in [3.63, 3.8) is 0 Å². The third-order valence-electron chi connectivity index (χ3n) is 2.21. The topological polar surface area (TPSA) is 46.9 Å². The average molecular weight is 316 g/mol. The second kappa shape index (κ2) is 6.72. The van der Waals surface area contributed by atoms with E-state index in [-0.39, 0.29) is 12.1 Å². The minimum Gasteiger partial charge on any atom is -0.382 e. The number of rotatable bonds is 5. The first-order chi connectivity index (χ1) is 8.10. The van der Waals surface area contributed by atoms with Gasteiger partial charge in [-0.05, 0) is 22.2 Å². The van der Waals surface area contributed by atoms with Gasteiger partial charge >= 0.3 is 0 Å².